The summed E-state index contributed by atoms with van der Waals surface area (Å²) in [5.41, 5.74) is 4.23. The number of fused-ring (bicyclic) bond motifs is 1. The van der Waals surface area contributed by atoms with Crippen LogP contribution in [0.15, 0.2) is 30.6 Å². The average Bonchev–Trinajstić information content (AvgIpc) is 3.38. The smallest absolute Gasteiger partial charge is 0.412 e. The molecular formula is C32H44N6O4. The summed E-state index contributed by atoms with van der Waals surface area (Å²) >= 11 is 0. The van der Waals surface area contributed by atoms with Crippen LogP contribution in [0.2, 0.25) is 0 Å². The van der Waals surface area contributed by atoms with Gasteiger partial charge in [-0.1, -0.05) is 19.4 Å². The van der Waals surface area contributed by atoms with Crippen molar-refractivity contribution in [3.05, 3.63) is 42.1 Å². The number of ether oxygens (including phenoxy) is 2. The van der Waals surface area contributed by atoms with Gasteiger partial charge in [0.25, 0.3) is 0 Å². The van der Waals surface area contributed by atoms with Gasteiger partial charge in [-0.05, 0) is 58.1 Å². The molecule has 1 saturated heterocycles. The first-order valence-corrected chi connectivity index (χ1v) is 15.3. The highest BCUT2D eigenvalue weighted by molar-refractivity contribution is 5.89. The zero-order valence-corrected chi connectivity index (χ0v) is 25.6. The molecule has 42 heavy (non-hydrogen) atoms. The van der Waals surface area contributed by atoms with E-state index in [0.717, 1.165) is 93.0 Å². The van der Waals surface area contributed by atoms with Gasteiger partial charge in [-0.15, -0.1) is 0 Å². The van der Waals surface area contributed by atoms with E-state index in [1.807, 2.05) is 49.3 Å². The average molecular weight is 577 g/mol. The largest absolute Gasteiger partial charge is 0.495 e. The number of imidazole rings is 1. The summed E-state index contributed by atoms with van der Waals surface area (Å²) in [6, 6.07) is 6.28. The Hall–Kier alpha value is -3.66. The Kier molecular flexibility index (Phi) is 9.30. The van der Waals surface area contributed by atoms with E-state index in [9.17, 15) is 9.59 Å². The summed E-state index contributed by atoms with van der Waals surface area (Å²) in [5.74, 6) is 2.14. The van der Waals surface area contributed by atoms with E-state index in [0.29, 0.717) is 23.4 Å². The van der Waals surface area contributed by atoms with Crippen molar-refractivity contribution in [2.24, 2.45) is 0 Å². The number of rotatable bonds is 8. The maximum absolute atomic E-state index is 12.5. The fraction of sp³-hybridized carbons (Fsp3) is 0.562. The molecule has 1 atom stereocenters. The maximum Gasteiger partial charge on any atom is 0.412 e. The molecule has 1 N–H and O–H groups in total. The van der Waals surface area contributed by atoms with Gasteiger partial charge in [-0.25, -0.2) is 9.78 Å². The van der Waals surface area contributed by atoms with Gasteiger partial charge in [0.2, 0.25) is 5.91 Å². The van der Waals surface area contributed by atoms with Gasteiger partial charge < -0.3 is 14.4 Å². The Balaban J connectivity index is 1.34. The van der Waals surface area contributed by atoms with Crippen molar-refractivity contribution in [1.82, 2.24) is 24.2 Å². The summed E-state index contributed by atoms with van der Waals surface area (Å²) in [7, 11) is 1.59. The number of methoxy groups -OCH3 is 1. The van der Waals surface area contributed by atoms with Crippen molar-refractivity contribution < 1.29 is 19.1 Å². The molecule has 3 aromatic rings. The quantitative estimate of drug-likeness (QED) is 0.370. The van der Waals surface area contributed by atoms with Crippen molar-refractivity contribution in [1.29, 1.82) is 0 Å². The van der Waals surface area contributed by atoms with Crippen molar-refractivity contribution in [3.63, 3.8) is 0 Å². The molecule has 1 aliphatic heterocycles. The monoisotopic (exact) mass is 576 g/mol. The summed E-state index contributed by atoms with van der Waals surface area (Å²) in [4.78, 5) is 38.5. The van der Waals surface area contributed by atoms with E-state index in [4.69, 9.17) is 14.5 Å². The Bertz CT molecular complexity index is 1410. The lowest BCUT2D eigenvalue weighted by molar-refractivity contribution is -0.131. The Labute approximate surface area is 248 Å². The van der Waals surface area contributed by atoms with Gasteiger partial charge in [0.1, 0.15) is 17.7 Å². The highest BCUT2D eigenvalue weighted by atomic mass is 16.6. The SMILES string of the molecule is CCC[C@H](C)OC(=O)Nc1ccc(-c2nc([C@H]3CC[C@@H](N4CCN(C(C)=O)CC4)CC3)n3ccnc(C)c23)cc1OC. The molecule has 2 amide bonds. The third kappa shape index (κ3) is 6.38. The highest BCUT2D eigenvalue weighted by Gasteiger charge is 2.32. The summed E-state index contributed by atoms with van der Waals surface area (Å²) < 4.78 is 13.3. The molecule has 10 heteroatoms. The van der Waals surface area contributed by atoms with Crippen molar-refractivity contribution in [3.8, 4) is 17.0 Å². The Morgan fingerprint density at radius 1 is 1.12 bits per heavy atom. The molecule has 10 nitrogen and oxygen atoms in total. The Morgan fingerprint density at radius 2 is 1.86 bits per heavy atom. The van der Waals surface area contributed by atoms with Crippen LogP contribution in [0.3, 0.4) is 0 Å². The van der Waals surface area contributed by atoms with Crippen LogP contribution < -0.4 is 10.1 Å². The van der Waals surface area contributed by atoms with Crippen LogP contribution in [-0.2, 0) is 9.53 Å². The number of amides is 2. The van der Waals surface area contributed by atoms with Gasteiger partial charge in [-0.3, -0.25) is 24.4 Å². The zero-order valence-electron chi connectivity index (χ0n) is 25.6. The number of piperazine rings is 1. The van der Waals surface area contributed by atoms with Crippen LogP contribution in [0.4, 0.5) is 10.5 Å². The standard InChI is InChI=1S/C32H44N6O4/c1-6-7-21(2)42-32(40)34-27-13-10-25(20-28(27)41-5)29-30-22(3)33-14-15-38(30)31(35-29)24-8-11-26(12-9-24)37-18-16-36(17-19-37)23(4)39/h10,13-15,20-21,24,26H,6-9,11-12,16-19H2,1-5H3,(H,34,40)/t21-,24-,26+/m0/s1. The second kappa shape index (κ2) is 13.1. The topological polar surface area (TPSA) is 101 Å². The normalized spacial score (nSPS) is 20.4. The molecule has 3 heterocycles. The van der Waals surface area contributed by atoms with Gasteiger partial charge in [0.15, 0.2) is 0 Å². The van der Waals surface area contributed by atoms with E-state index in [-0.39, 0.29) is 12.0 Å². The van der Waals surface area contributed by atoms with Crippen molar-refractivity contribution in [2.75, 3.05) is 38.6 Å². The number of carbonyl (C=O) groups is 2. The number of aromatic nitrogens is 3. The van der Waals surface area contributed by atoms with Crippen LogP contribution in [0.25, 0.3) is 16.8 Å². The van der Waals surface area contributed by atoms with E-state index >= 15 is 0 Å². The van der Waals surface area contributed by atoms with Crippen LogP contribution in [0, 0.1) is 6.92 Å². The molecule has 226 valence electrons. The minimum atomic E-state index is -0.492. The molecule has 2 aromatic heterocycles. The first kappa shape index (κ1) is 29.8. The molecule has 0 bridgehead atoms. The lowest BCUT2D eigenvalue weighted by Gasteiger charge is -2.41. The van der Waals surface area contributed by atoms with Gasteiger partial charge >= 0.3 is 6.09 Å². The van der Waals surface area contributed by atoms with Gasteiger partial charge in [0.05, 0.1) is 29.7 Å². The number of nitrogens with one attached hydrogen (secondary N) is 1. The number of anilines is 1. The van der Waals surface area contributed by atoms with Crippen LogP contribution in [-0.4, -0.2) is 81.6 Å². The number of hydrogen-bond donors (Lipinski definition) is 1. The first-order valence-electron chi connectivity index (χ1n) is 15.3. The molecule has 0 spiro atoms. The second-order valence-electron chi connectivity index (χ2n) is 11.6. The van der Waals surface area contributed by atoms with Gasteiger partial charge in [-0.2, -0.15) is 0 Å². The highest BCUT2D eigenvalue weighted by Crippen LogP contribution is 2.39. The third-order valence-corrected chi connectivity index (χ3v) is 8.82. The minimum Gasteiger partial charge on any atom is -0.495 e. The second-order valence-corrected chi connectivity index (χ2v) is 11.6. The summed E-state index contributed by atoms with van der Waals surface area (Å²) in [6.45, 7) is 11.2. The van der Waals surface area contributed by atoms with Crippen LogP contribution >= 0.6 is 0 Å². The molecule has 2 aliphatic rings. The number of aryl methyl sites for hydroxylation is 1. The lowest BCUT2D eigenvalue weighted by atomic mass is 9.84. The Morgan fingerprint density at radius 3 is 2.52 bits per heavy atom. The van der Waals surface area contributed by atoms with Crippen LogP contribution in [0.1, 0.15) is 76.7 Å². The summed E-state index contributed by atoms with van der Waals surface area (Å²) in [6.07, 6.45) is 9.36. The van der Waals surface area contributed by atoms with E-state index in [2.05, 4.69) is 26.5 Å². The van der Waals surface area contributed by atoms with Gasteiger partial charge in [0, 0.05) is 63.0 Å². The predicted molar refractivity (Wildman–Crippen MR) is 163 cm³/mol. The number of benzene rings is 1. The van der Waals surface area contributed by atoms with Crippen molar-refractivity contribution >= 4 is 23.2 Å². The summed E-state index contributed by atoms with van der Waals surface area (Å²) in [5, 5.41) is 2.83. The molecular weight excluding hydrogens is 532 g/mol. The number of carbonyl (C=O) groups excluding carboxylic acids is 2. The first-order chi connectivity index (χ1) is 20.3. The fourth-order valence-electron chi connectivity index (χ4n) is 6.54. The number of nitrogens with zero attached hydrogens (tertiary/aromatic N) is 5. The molecule has 1 aliphatic carbocycles. The fourth-order valence-corrected chi connectivity index (χ4v) is 6.54. The van der Waals surface area contributed by atoms with E-state index < -0.39 is 6.09 Å². The number of hydrogen-bond acceptors (Lipinski definition) is 7. The molecule has 5 rings (SSSR count). The third-order valence-electron chi connectivity index (χ3n) is 8.82. The minimum absolute atomic E-state index is 0.155. The molecule has 0 unspecified atom stereocenters. The molecule has 1 saturated carbocycles. The predicted octanol–water partition coefficient (Wildman–Crippen LogP) is 5.64. The van der Waals surface area contributed by atoms with Crippen LogP contribution in [0.5, 0.6) is 5.75 Å². The molecule has 2 fully saturated rings. The van der Waals surface area contributed by atoms with E-state index in [1.165, 1.54) is 0 Å². The molecule has 0 radical (unpaired) electrons. The maximum atomic E-state index is 12.5. The van der Waals surface area contributed by atoms with E-state index in [1.54, 1.807) is 14.0 Å². The lowest BCUT2D eigenvalue weighted by Crippen LogP contribution is -2.52. The van der Waals surface area contributed by atoms with Crippen molar-refractivity contribution in [2.45, 2.75) is 84.3 Å². The molecule has 1 aromatic carbocycles. The zero-order chi connectivity index (χ0) is 29.8.